The summed E-state index contributed by atoms with van der Waals surface area (Å²) in [6.07, 6.45) is 3.36. The highest BCUT2D eigenvalue weighted by Gasteiger charge is 2.07. The summed E-state index contributed by atoms with van der Waals surface area (Å²) in [5, 5.41) is 2.87. The van der Waals surface area contributed by atoms with E-state index < -0.39 is 0 Å². The zero-order chi connectivity index (χ0) is 16.2. The van der Waals surface area contributed by atoms with E-state index in [1.54, 1.807) is 6.08 Å². The molecule has 0 aliphatic rings. The maximum absolute atomic E-state index is 11.9. The Hall–Kier alpha value is -2.88. The molecule has 3 rings (SSSR count). The molecule has 4 nitrogen and oxygen atoms in total. The second kappa shape index (κ2) is 6.48. The summed E-state index contributed by atoms with van der Waals surface area (Å²) in [7, 11) is 1.96. The van der Waals surface area contributed by atoms with Crippen LogP contribution in [-0.2, 0) is 18.4 Å². The summed E-state index contributed by atoms with van der Waals surface area (Å²) in [5.41, 5.74) is 4.21. The Morgan fingerprint density at radius 3 is 2.65 bits per heavy atom. The number of para-hydroxylation sites is 2. The van der Waals surface area contributed by atoms with Crippen molar-refractivity contribution >= 4 is 23.0 Å². The topological polar surface area (TPSA) is 46.9 Å². The Morgan fingerprint density at radius 1 is 1.17 bits per heavy atom. The normalized spacial score (nSPS) is 11.2. The molecule has 0 spiro atoms. The maximum Gasteiger partial charge on any atom is 0.244 e. The Balaban J connectivity index is 1.64. The number of hydrogen-bond acceptors (Lipinski definition) is 2. The largest absolute Gasteiger partial charge is 0.345 e. The molecule has 116 valence electrons. The highest BCUT2D eigenvalue weighted by molar-refractivity contribution is 5.91. The first kappa shape index (κ1) is 15.0. The Labute approximate surface area is 135 Å². The van der Waals surface area contributed by atoms with Gasteiger partial charge >= 0.3 is 0 Å². The van der Waals surface area contributed by atoms with Gasteiger partial charge in [-0.05, 0) is 30.7 Å². The lowest BCUT2D eigenvalue weighted by Gasteiger charge is -2.03. The third kappa shape index (κ3) is 3.48. The van der Waals surface area contributed by atoms with E-state index in [0.717, 1.165) is 22.4 Å². The number of rotatable bonds is 4. The van der Waals surface area contributed by atoms with Crippen LogP contribution in [0.4, 0.5) is 0 Å². The number of imidazole rings is 1. The summed E-state index contributed by atoms with van der Waals surface area (Å²) in [4.78, 5) is 16.5. The molecule has 1 heterocycles. The summed E-state index contributed by atoms with van der Waals surface area (Å²) < 4.78 is 2.00. The number of nitrogens with zero attached hydrogens (tertiary/aromatic N) is 2. The van der Waals surface area contributed by atoms with Crippen LogP contribution in [0.2, 0.25) is 0 Å². The van der Waals surface area contributed by atoms with Gasteiger partial charge < -0.3 is 9.88 Å². The smallest absolute Gasteiger partial charge is 0.244 e. The van der Waals surface area contributed by atoms with Gasteiger partial charge in [0.1, 0.15) is 5.82 Å². The highest BCUT2D eigenvalue weighted by atomic mass is 16.1. The lowest BCUT2D eigenvalue weighted by Crippen LogP contribution is -2.22. The van der Waals surface area contributed by atoms with Gasteiger partial charge in [0.05, 0.1) is 17.6 Å². The van der Waals surface area contributed by atoms with Crippen molar-refractivity contribution in [3.8, 4) is 0 Å². The van der Waals surface area contributed by atoms with Crippen molar-refractivity contribution in [1.29, 1.82) is 0 Å². The SMILES string of the molecule is Cc1ccc(/C=C/C(=O)NCc2nc3ccccc3n2C)cc1. The minimum absolute atomic E-state index is 0.127. The van der Waals surface area contributed by atoms with E-state index in [1.807, 2.05) is 73.1 Å². The third-order valence-electron chi connectivity index (χ3n) is 3.81. The molecule has 0 unspecified atom stereocenters. The number of carbonyl (C=O) groups excluding carboxylic acids is 1. The average molecular weight is 305 g/mol. The van der Waals surface area contributed by atoms with Crippen LogP contribution in [0.25, 0.3) is 17.1 Å². The van der Waals surface area contributed by atoms with Crippen molar-refractivity contribution in [2.24, 2.45) is 7.05 Å². The number of aromatic nitrogens is 2. The molecule has 0 bridgehead atoms. The Kier molecular flexibility index (Phi) is 4.24. The third-order valence-corrected chi connectivity index (χ3v) is 3.81. The van der Waals surface area contributed by atoms with E-state index in [0.29, 0.717) is 6.54 Å². The summed E-state index contributed by atoms with van der Waals surface area (Å²) in [6, 6.07) is 16.0. The molecule has 4 heteroatoms. The van der Waals surface area contributed by atoms with Crippen molar-refractivity contribution in [2.45, 2.75) is 13.5 Å². The van der Waals surface area contributed by atoms with E-state index in [1.165, 1.54) is 5.56 Å². The number of fused-ring (bicyclic) bond motifs is 1. The first-order valence-corrected chi connectivity index (χ1v) is 7.56. The lowest BCUT2D eigenvalue weighted by molar-refractivity contribution is -0.116. The van der Waals surface area contributed by atoms with Gasteiger partial charge in [-0.2, -0.15) is 0 Å². The fraction of sp³-hybridized carbons (Fsp3) is 0.158. The molecular weight excluding hydrogens is 286 g/mol. The molecule has 0 saturated carbocycles. The minimum atomic E-state index is -0.127. The lowest BCUT2D eigenvalue weighted by atomic mass is 10.1. The fourth-order valence-electron chi connectivity index (χ4n) is 2.43. The van der Waals surface area contributed by atoms with Crippen molar-refractivity contribution in [2.75, 3.05) is 0 Å². The van der Waals surface area contributed by atoms with Crippen LogP contribution < -0.4 is 5.32 Å². The Morgan fingerprint density at radius 2 is 1.91 bits per heavy atom. The molecule has 1 N–H and O–H groups in total. The molecule has 0 aliphatic carbocycles. The van der Waals surface area contributed by atoms with E-state index in [2.05, 4.69) is 10.3 Å². The molecule has 23 heavy (non-hydrogen) atoms. The van der Waals surface area contributed by atoms with E-state index in [9.17, 15) is 4.79 Å². The zero-order valence-electron chi connectivity index (χ0n) is 13.3. The van der Waals surface area contributed by atoms with Crippen molar-refractivity contribution in [3.63, 3.8) is 0 Å². The van der Waals surface area contributed by atoms with Crippen LogP contribution in [0, 0.1) is 6.92 Å². The summed E-state index contributed by atoms with van der Waals surface area (Å²) in [6.45, 7) is 2.44. The van der Waals surface area contributed by atoms with E-state index in [-0.39, 0.29) is 5.91 Å². The maximum atomic E-state index is 11.9. The molecule has 3 aromatic rings. The number of benzene rings is 2. The molecule has 0 fully saturated rings. The van der Waals surface area contributed by atoms with Gasteiger partial charge in [-0.3, -0.25) is 4.79 Å². The van der Waals surface area contributed by atoms with Crippen LogP contribution >= 0.6 is 0 Å². The first-order chi connectivity index (χ1) is 11.1. The van der Waals surface area contributed by atoms with Gasteiger partial charge in [-0.1, -0.05) is 42.0 Å². The molecule has 0 atom stereocenters. The van der Waals surface area contributed by atoms with Crippen LogP contribution in [0.5, 0.6) is 0 Å². The minimum Gasteiger partial charge on any atom is -0.345 e. The quantitative estimate of drug-likeness (QED) is 0.752. The number of carbonyl (C=O) groups is 1. The van der Waals surface area contributed by atoms with Crippen LogP contribution in [-0.4, -0.2) is 15.5 Å². The van der Waals surface area contributed by atoms with Crippen LogP contribution in [0.15, 0.2) is 54.6 Å². The van der Waals surface area contributed by atoms with Gasteiger partial charge in [-0.25, -0.2) is 4.98 Å². The van der Waals surface area contributed by atoms with Crippen LogP contribution in [0.3, 0.4) is 0 Å². The van der Waals surface area contributed by atoms with Gasteiger partial charge in [0, 0.05) is 13.1 Å². The highest BCUT2D eigenvalue weighted by Crippen LogP contribution is 2.13. The van der Waals surface area contributed by atoms with Gasteiger partial charge in [0.25, 0.3) is 0 Å². The molecule has 1 aromatic heterocycles. The first-order valence-electron chi connectivity index (χ1n) is 7.56. The second-order valence-corrected chi connectivity index (χ2v) is 5.54. The van der Waals surface area contributed by atoms with Gasteiger partial charge in [-0.15, -0.1) is 0 Å². The van der Waals surface area contributed by atoms with Crippen LogP contribution in [0.1, 0.15) is 17.0 Å². The molecule has 2 aromatic carbocycles. The van der Waals surface area contributed by atoms with Crippen molar-refractivity contribution < 1.29 is 4.79 Å². The fourth-order valence-corrected chi connectivity index (χ4v) is 2.43. The summed E-state index contributed by atoms with van der Waals surface area (Å²) >= 11 is 0. The predicted molar refractivity (Wildman–Crippen MR) is 92.8 cm³/mol. The molecule has 0 aliphatic heterocycles. The predicted octanol–water partition coefficient (Wildman–Crippen LogP) is 3.21. The summed E-state index contributed by atoms with van der Waals surface area (Å²) in [5.74, 6) is 0.709. The number of aryl methyl sites for hydroxylation is 2. The Bertz CT molecular complexity index is 860. The van der Waals surface area contributed by atoms with E-state index >= 15 is 0 Å². The molecular formula is C19H19N3O. The van der Waals surface area contributed by atoms with Crippen molar-refractivity contribution in [1.82, 2.24) is 14.9 Å². The molecule has 0 saturated heterocycles. The second-order valence-electron chi connectivity index (χ2n) is 5.54. The van der Waals surface area contributed by atoms with E-state index in [4.69, 9.17) is 0 Å². The monoisotopic (exact) mass is 305 g/mol. The average Bonchev–Trinajstić information content (AvgIpc) is 2.89. The number of hydrogen-bond donors (Lipinski definition) is 1. The number of nitrogens with one attached hydrogen (secondary N) is 1. The molecule has 0 radical (unpaired) electrons. The van der Waals surface area contributed by atoms with Crippen molar-refractivity contribution in [3.05, 3.63) is 71.6 Å². The molecule has 1 amide bonds. The van der Waals surface area contributed by atoms with Gasteiger partial charge in [0.15, 0.2) is 0 Å². The standard InChI is InChI=1S/C19H19N3O/c1-14-7-9-15(10-8-14)11-12-19(23)20-13-18-21-16-5-3-4-6-17(16)22(18)2/h3-12H,13H2,1-2H3,(H,20,23)/b12-11+. The number of amides is 1. The van der Waals surface area contributed by atoms with Gasteiger partial charge in [0.2, 0.25) is 5.91 Å². The zero-order valence-corrected chi connectivity index (χ0v) is 13.3.